The Labute approximate surface area is 141 Å². The van der Waals surface area contributed by atoms with E-state index in [1.807, 2.05) is 42.5 Å². The van der Waals surface area contributed by atoms with Gasteiger partial charge in [-0.2, -0.15) is 0 Å². The number of methoxy groups -OCH3 is 1. The van der Waals surface area contributed by atoms with Gasteiger partial charge in [0.2, 0.25) is 0 Å². The van der Waals surface area contributed by atoms with E-state index >= 15 is 0 Å². The highest BCUT2D eigenvalue weighted by atomic mass is 35.5. The third kappa shape index (κ3) is 4.95. The molecule has 0 saturated heterocycles. The minimum absolute atomic E-state index is 0.0165. The third-order valence-corrected chi connectivity index (χ3v) is 3.69. The van der Waals surface area contributed by atoms with E-state index in [2.05, 4.69) is 0 Å². The Kier molecular flexibility index (Phi) is 6.39. The van der Waals surface area contributed by atoms with Crippen LogP contribution in [0.5, 0.6) is 5.75 Å². The van der Waals surface area contributed by atoms with Gasteiger partial charge in [-0.15, -0.1) is 0 Å². The van der Waals surface area contributed by atoms with Gasteiger partial charge in [-0.05, 0) is 42.3 Å². The minimum atomic E-state index is 0.0165. The number of ether oxygens (including phenoxy) is 1. The van der Waals surface area contributed by atoms with Crippen LogP contribution < -0.4 is 4.74 Å². The standard InChI is InChI=1S/C19H19ClO3/c1-23-19-11-8-15(18(22)3-2-12-21)13-16(19)7-4-14-5-9-17(20)10-6-14/h4-11,13,21H,2-3,12H2,1H3/b7-4+. The van der Waals surface area contributed by atoms with Gasteiger partial charge in [0.15, 0.2) is 5.78 Å². The molecule has 2 aromatic rings. The van der Waals surface area contributed by atoms with Crippen molar-refractivity contribution in [1.82, 2.24) is 0 Å². The van der Waals surface area contributed by atoms with Gasteiger partial charge in [0.1, 0.15) is 5.75 Å². The summed E-state index contributed by atoms with van der Waals surface area (Å²) in [6.07, 6.45) is 4.66. The molecule has 0 fully saturated rings. The van der Waals surface area contributed by atoms with E-state index in [1.165, 1.54) is 0 Å². The monoisotopic (exact) mass is 330 g/mol. The summed E-state index contributed by atoms with van der Waals surface area (Å²) in [5.41, 5.74) is 2.46. The van der Waals surface area contributed by atoms with Crippen molar-refractivity contribution in [2.24, 2.45) is 0 Å². The number of rotatable bonds is 7. The molecule has 0 bridgehead atoms. The molecule has 0 unspecified atom stereocenters. The summed E-state index contributed by atoms with van der Waals surface area (Å²) in [5, 5.41) is 9.53. The maximum absolute atomic E-state index is 12.1. The Balaban J connectivity index is 2.24. The predicted octanol–water partition coefficient (Wildman–Crippen LogP) is 4.47. The average Bonchev–Trinajstić information content (AvgIpc) is 2.58. The van der Waals surface area contributed by atoms with Crippen LogP contribution in [0.3, 0.4) is 0 Å². The number of benzene rings is 2. The summed E-state index contributed by atoms with van der Waals surface area (Å²) >= 11 is 5.87. The number of hydrogen-bond donors (Lipinski definition) is 1. The fraction of sp³-hybridized carbons (Fsp3) is 0.211. The van der Waals surface area contributed by atoms with Crippen molar-refractivity contribution in [1.29, 1.82) is 0 Å². The molecule has 120 valence electrons. The Morgan fingerprint density at radius 1 is 1.17 bits per heavy atom. The van der Waals surface area contributed by atoms with Crippen LogP contribution >= 0.6 is 11.6 Å². The van der Waals surface area contributed by atoms with Crippen LogP contribution in [-0.2, 0) is 0 Å². The molecule has 0 aliphatic rings. The number of halogens is 1. The molecular weight excluding hydrogens is 312 g/mol. The van der Waals surface area contributed by atoms with Crippen LogP contribution in [0, 0.1) is 0 Å². The van der Waals surface area contributed by atoms with Crippen molar-refractivity contribution in [2.45, 2.75) is 12.8 Å². The molecule has 0 aromatic heterocycles. The molecule has 0 radical (unpaired) electrons. The topological polar surface area (TPSA) is 46.5 Å². The second-order valence-electron chi connectivity index (χ2n) is 5.09. The van der Waals surface area contributed by atoms with Gasteiger partial charge >= 0.3 is 0 Å². The second-order valence-corrected chi connectivity index (χ2v) is 5.53. The number of hydrogen-bond acceptors (Lipinski definition) is 3. The second kappa shape index (κ2) is 8.51. The normalized spacial score (nSPS) is 10.9. The first-order valence-corrected chi connectivity index (χ1v) is 7.77. The molecule has 0 atom stereocenters. The summed E-state index contributed by atoms with van der Waals surface area (Å²) in [5.74, 6) is 0.719. The number of aliphatic hydroxyl groups is 1. The fourth-order valence-electron chi connectivity index (χ4n) is 2.18. The average molecular weight is 331 g/mol. The van der Waals surface area contributed by atoms with Crippen molar-refractivity contribution in [3.05, 3.63) is 64.2 Å². The van der Waals surface area contributed by atoms with Crippen molar-refractivity contribution < 1.29 is 14.6 Å². The van der Waals surface area contributed by atoms with Crippen LogP contribution in [0.25, 0.3) is 12.2 Å². The lowest BCUT2D eigenvalue weighted by Crippen LogP contribution is -2.01. The predicted molar refractivity (Wildman–Crippen MR) is 94.0 cm³/mol. The summed E-state index contributed by atoms with van der Waals surface area (Å²) in [7, 11) is 1.60. The lowest BCUT2D eigenvalue weighted by atomic mass is 10.0. The lowest BCUT2D eigenvalue weighted by molar-refractivity contribution is 0.0971. The maximum Gasteiger partial charge on any atom is 0.162 e. The molecule has 0 aliphatic carbocycles. The maximum atomic E-state index is 12.1. The SMILES string of the molecule is COc1ccc(C(=O)CCCO)cc1/C=C/c1ccc(Cl)cc1. The van der Waals surface area contributed by atoms with Gasteiger partial charge in [0, 0.05) is 29.2 Å². The molecule has 0 saturated carbocycles. The summed E-state index contributed by atoms with van der Waals surface area (Å²) in [6, 6.07) is 12.8. The highest BCUT2D eigenvalue weighted by molar-refractivity contribution is 6.30. The fourth-order valence-corrected chi connectivity index (χ4v) is 2.31. The molecule has 0 aliphatic heterocycles. The van der Waals surface area contributed by atoms with Crippen LogP contribution in [0.15, 0.2) is 42.5 Å². The van der Waals surface area contributed by atoms with E-state index in [4.69, 9.17) is 21.4 Å². The van der Waals surface area contributed by atoms with Crippen LogP contribution in [0.1, 0.15) is 34.3 Å². The number of aliphatic hydroxyl groups excluding tert-OH is 1. The molecule has 0 spiro atoms. The van der Waals surface area contributed by atoms with Crippen LogP contribution in [-0.4, -0.2) is 24.6 Å². The molecule has 2 aromatic carbocycles. The van der Waals surface area contributed by atoms with Crippen LogP contribution in [0.2, 0.25) is 5.02 Å². The molecule has 23 heavy (non-hydrogen) atoms. The first-order chi connectivity index (χ1) is 11.1. The largest absolute Gasteiger partial charge is 0.496 e. The number of carbonyl (C=O) groups excluding carboxylic acids is 1. The van der Waals surface area contributed by atoms with Gasteiger partial charge < -0.3 is 9.84 Å². The smallest absolute Gasteiger partial charge is 0.162 e. The van der Waals surface area contributed by atoms with E-state index in [0.717, 1.165) is 11.1 Å². The molecule has 2 rings (SSSR count). The summed E-state index contributed by atoms with van der Waals surface area (Å²) in [6.45, 7) is 0.0191. The zero-order chi connectivity index (χ0) is 16.7. The van der Waals surface area contributed by atoms with Gasteiger partial charge in [0.25, 0.3) is 0 Å². The number of Topliss-reactive ketones (excluding diaryl/α,β-unsaturated/α-hetero) is 1. The Bertz CT molecular complexity index is 690. The van der Waals surface area contributed by atoms with Crippen LogP contribution in [0.4, 0.5) is 0 Å². The van der Waals surface area contributed by atoms with Gasteiger partial charge in [-0.25, -0.2) is 0 Å². The number of carbonyl (C=O) groups is 1. The molecule has 3 nitrogen and oxygen atoms in total. The van der Waals surface area contributed by atoms with E-state index in [-0.39, 0.29) is 12.4 Å². The molecule has 4 heteroatoms. The van der Waals surface area contributed by atoms with Crippen molar-refractivity contribution in [3.8, 4) is 5.75 Å². The van der Waals surface area contributed by atoms with E-state index in [1.54, 1.807) is 19.2 Å². The molecule has 0 heterocycles. The first kappa shape index (κ1) is 17.3. The van der Waals surface area contributed by atoms with Gasteiger partial charge in [-0.1, -0.05) is 35.9 Å². The third-order valence-electron chi connectivity index (χ3n) is 3.44. The van der Waals surface area contributed by atoms with E-state index in [0.29, 0.717) is 29.2 Å². The van der Waals surface area contributed by atoms with Crippen molar-refractivity contribution in [2.75, 3.05) is 13.7 Å². The zero-order valence-electron chi connectivity index (χ0n) is 13.0. The Morgan fingerprint density at radius 3 is 2.57 bits per heavy atom. The zero-order valence-corrected chi connectivity index (χ0v) is 13.7. The minimum Gasteiger partial charge on any atom is -0.496 e. The lowest BCUT2D eigenvalue weighted by Gasteiger charge is -2.07. The van der Waals surface area contributed by atoms with Gasteiger partial charge in [-0.3, -0.25) is 4.79 Å². The molecule has 1 N–H and O–H groups in total. The molecular formula is C19H19ClO3. The highest BCUT2D eigenvalue weighted by Gasteiger charge is 2.08. The Morgan fingerprint density at radius 2 is 1.91 bits per heavy atom. The van der Waals surface area contributed by atoms with Gasteiger partial charge in [0.05, 0.1) is 7.11 Å². The highest BCUT2D eigenvalue weighted by Crippen LogP contribution is 2.23. The van der Waals surface area contributed by atoms with E-state index < -0.39 is 0 Å². The quantitative estimate of drug-likeness (QED) is 0.601. The Hall–Kier alpha value is -2.10. The van der Waals surface area contributed by atoms with E-state index in [9.17, 15) is 4.79 Å². The van der Waals surface area contributed by atoms with Crippen molar-refractivity contribution >= 4 is 29.5 Å². The summed E-state index contributed by atoms with van der Waals surface area (Å²) < 4.78 is 5.35. The first-order valence-electron chi connectivity index (χ1n) is 7.40. The summed E-state index contributed by atoms with van der Waals surface area (Å²) in [4.78, 5) is 12.1. The number of ketones is 1. The molecule has 0 amide bonds. The van der Waals surface area contributed by atoms with Crippen molar-refractivity contribution in [3.63, 3.8) is 0 Å².